The van der Waals surface area contributed by atoms with Crippen LogP contribution in [0.2, 0.25) is 0 Å². The summed E-state index contributed by atoms with van der Waals surface area (Å²) in [5.41, 5.74) is 1.83. The van der Waals surface area contributed by atoms with Gasteiger partial charge in [-0.2, -0.15) is 5.26 Å². The predicted molar refractivity (Wildman–Crippen MR) is 75.5 cm³/mol. The number of aryl methyl sites for hydroxylation is 1. The molecule has 0 aliphatic heterocycles. The Morgan fingerprint density at radius 2 is 2.05 bits per heavy atom. The fourth-order valence-corrected chi connectivity index (χ4v) is 1.85. The van der Waals surface area contributed by atoms with E-state index in [4.69, 9.17) is 10.00 Å². The van der Waals surface area contributed by atoms with Gasteiger partial charge < -0.3 is 4.74 Å². The van der Waals surface area contributed by atoms with Gasteiger partial charge in [-0.15, -0.1) is 0 Å². The van der Waals surface area contributed by atoms with Gasteiger partial charge in [-0.1, -0.05) is 15.9 Å². The normalized spacial score (nSPS) is 9.74. The van der Waals surface area contributed by atoms with Crippen LogP contribution in [0.1, 0.15) is 21.5 Å². The molecular weight excluding hydrogens is 306 g/mol. The number of hydrogen-bond acceptors (Lipinski definition) is 3. The molecule has 2 aromatic carbocycles. The second kappa shape index (κ2) is 5.68. The maximum Gasteiger partial charge on any atom is 0.150 e. The Labute approximate surface area is 119 Å². The van der Waals surface area contributed by atoms with E-state index >= 15 is 0 Å². The smallest absolute Gasteiger partial charge is 0.150 e. The molecule has 0 radical (unpaired) electrons. The third-order valence-corrected chi connectivity index (χ3v) is 3.51. The summed E-state index contributed by atoms with van der Waals surface area (Å²) in [6.07, 6.45) is 0.703. The molecule has 2 aromatic rings. The lowest BCUT2D eigenvalue weighted by Gasteiger charge is -2.09. The molecule has 0 unspecified atom stereocenters. The molecular formula is C15H10BrNO2. The van der Waals surface area contributed by atoms with Crippen molar-refractivity contribution in [3.8, 4) is 17.6 Å². The highest BCUT2D eigenvalue weighted by Gasteiger charge is 2.07. The summed E-state index contributed by atoms with van der Waals surface area (Å²) in [4.78, 5) is 10.7. The summed E-state index contributed by atoms with van der Waals surface area (Å²) in [6.45, 7) is 1.96. The Hall–Kier alpha value is -2.12. The number of benzene rings is 2. The molecule has 0 aromatic heterocycles. The van der Waals surface area contributed by atoms with Crippen LogP contribution < -0.4 is 4.74 Å². The third kappa shape index (κ3) is 3.01. The maximum absolute atomic E-state index is 10.7. The average molecular weight is 316 g/mol. The maximum atomic E-state index is 10.7. The van der Waals surface area contributed by atoms with Crippen LogP contribution >= 0.6 is 15.9 Å². The van der Waals surface area contributed by atoms with Crippen molar-refractivity contribution in [2.24, 2.45) is 0 Å². The largest absolute Gasteiger partial charge is 0.456 e. The standard InChI is InChI=1S/C15H10BrNO2/c1-10-6-13(3-4-14(10)16)19-15-5-2-11(9-18)7-12(15)8-17/h2-7,9H,1H3. The van der Waals surface area contributed by atoms with Crippen LogP contribution in [0.5, 0.6) is 11.5 Å². The predicted octanol–water partition coefficient (Wildman–Crippen LogP) is 4.23. The van der Waals surface area contributed by atoms with Crippen molar-refractivity contribution >= 4 is 22.2 Å². The zero-order valence-electron chi connectivity index (χ0n) is 10.2. The SMILES string of the molecule is Cc1cc(Oc2ccc(C=O)cc2C#N)ccc1Br. The fourth-order valence-electron chi connectivity index (χ4n) is 1.60. The Balaban J connectivity index is 2.35. The minimum absolute atomic E-state index is 0.338. The highest BCUT2D eigenvalue weighted by atomic mass is 79.9. The van der Waals surface area contributed by atoms with Gasteiger partial charge in [-0.3, -0.25) is 4.79 Å². The van der Waals surface area contributed by atoms with E-state index in [2.05, 4.69) is 15.9 Å². The van der Waals surface area contributed by atoms with Crippen molar-refractivity contribution in [2.75, 3.05) is 0 Å². The molecule has 0 heterocycles. The number of nitriles is 1. The molecule has 3 nitrogen and oxygen atoms in total. The van der Waals surface area contributed by atoms with Gasteiger partial charge in [0.25, 0.3) is 0 Å². The van der Waals surface area contributed by atoms with E-state index in [1.807, 2.05) is 31.2 Å². The number of carbonyl (C=O) groups is 1. The summed E-state index contributed by atoms with van der Waals surface area (Å²) in [5, 5.41) is 9.06. The van der Waals surface area contributed by atoms with Crippen LogP contribution in [0.25, 0.3) is 0 Å². The van der Waals surface area contributed by atoms with Gasteiger partial charge in [-0.25, -0.2) is 0 Å². The van der Waals surface area contributed by atoms with Crippen molar-refractivity contribution in [1.29, 1.82) is 5.26 Å². The lowest BCUT2D eigenvalue weighted by atomic mass is 10.1. The molecule has 0 spiro atoms. The molecule has 0 N–H and O–H groups in total. The molecule has 19 heavy (non-hydrogen) atoms. The van der Waals surface area contributed by atoms with E-state index in [-0.39, 0.29) is 0 Å². The summed E-state index contributed by atoms with van der Waals surface area (Å²) in [6, 6.07) is 12.3. The molecule has 0 fully saturated rings. The Morgan fingerprint density at radius 1 is 1.26 bits per heavy atom. The molecule has 0 saturated carbocycles. The lowest BCUT2D eigenvalue weighted by molar-refractivity contribution is 0.112. The third-order valence-electron chi connectivity index (χ3n) is 2.62. The molecule has 0 aliphatic carbocycles. The van der Waals surface area contributed by atoms with Crippen LogP contribution in [-0.4, -0.2) is 6.29 Å². The monoisotopic (exact) mass is 315 g/mol. The number of aldehydes is 1. The number of carbonyl (C=O) groups excluding carboxylic acids is 1. The first-order valence-electron chi connectivity index (χ1n) is 5.57. The topological polar surface area (TPSA) is 50.1 Å². The fraction of sp³-hybridized carbons (Fsp3) is 0.0667. The zero-order chi connectivity index (χ0) is 13.8. The second-order valence-electron chi connectivity index (χ2n) is 4.00. The number of ether oxygens (including phenoxy) is 1. The number of nitrogens with zero attached hydrogens (tertiary/aromatic N) is 1. The minimum Gasteiger partial charge on any atom is -0.456 e. The van der Waals surface area contributed by atoms with E-state index in [1.54, 1.807) is 12.1 Å². The molecule has 0 amide bonds. The van der Waals surface area contributed by atoms with Crippen molar-refractivity contribution in [2.45, 2.75) is 6.92 Å². The second-order valence-corrected chi connectivity index (χ2v) is 4.85. The van der Waals surface area contributed by atoms with Crippen molar-refractivity contribution in [1.82, 2.24) is 0 Å². The van der Waals surface area contributed by atoms with Gasteiger partial charge in [0.1, 0.15) is 23.9 Å². The summed E-state index contributed by atoms with van der Waals surface area (Å²) < 4.78 is 6.67. The van der Waals surface area contributed by atoms with Crippen LogP contribution in [0.3, 0.4) is 0 Å². The Bertz CT molecular complexity index is 674. The minimum atomic E-state index is 0.338. The van der Waals surface area contributed by atoms with E-state index in [9.17, 15) is 4.79 Å². The molecule has 0 atom stereocenters. The highest BCUT2D eigenvalue weighted by Crippen LogP contribution is 2.28. The van der Waals surface area contributed by atoms with E-state index < -0.39 is 0 Å². The Kier molecular flexibility index (Phi) is 3.98. The first-order chi connectivity index (χ1) is 9.13. The van der Waals surface area contributed by atoms with E-state index in [1.165, 1.54) is 6.07 Å². The van der Waals surface area contributed by atoms with Gasteiger partial charge in [0, 0.05) is 10.0 Å². The van der Waals surface area contributed by atoms with Crippen LogP contribution in [0, 0.1) is 18.3 Å². The van der Waals surface area contributed by atoms with Gasteiger partial charge in [0.15, 0.2) is 0 Å². The van der Waals surface area contributed by atoms with Crippen molar-refractivity contribution in [3.63, 3.8) is 0 Å². The lowest BCUT2D eigenvalue weighted by Crippen LogP contribution is -1.91. The van der Waals surface area contributed by atoms with Gasteiger partial charge in [0.05, 0.1) is 5.56 Å². The average Bonchev–Trinajstić information content (AvgIpc) is 2.43. The highest BCUT2D eigenvalue weighted by molar-refractivity contribution is 9.10. The van der Waals surface area contributed by atoms with Crippen molar-refractivity contribution < 1.29 is 9.53 Å². The van der Waals surface area contributed by atoms with Crippen LogP contribution in [0.4, 0.5) is 0 Å². The van der Waals surface area contributed by atoms with E-state index in [0.717, 1.165) is 10.0 Å². The first kappa shape index (κ1) is 13.3. The molecule has 2 rings (SSSR count). The summed E-state index contributed by atoms with van der Waals surface area (Å²) >= 11 is 3.42. The Morgan fingerprint density at radius 3 is 2.68 bits per heavy atom. The van der Waals surface area contributed by atoms with Crippen LogP contribution in [0.15, 0.2) is 40.9 Å². The van der Waals surface area contributed by atoms with Gasteiger partial charge >= 0.3 is 0 Å². The number of halogens is 1. The zero-order valence-corrected chi connectivity index (χ0v) is 11.8. The molecule has 94 valence electrons. The molecule has 4 heteroatoms. The van der Waals surface area contributed by atoms with Gasteiger partial charge in [-0.05, 0) is 48.9 Å². The number of hydrogen-bond donors (Lipinski definition) is 0. The summed E-state index contributed by atoms with van der Waals surface area (Å²) in [7, 11) is 0. The molecule has 0 saturated heterocycles. The van der Waals surface area contributed by atoms with E-state index in [0.29, 0.717) is 28.9 Å². The quantitative estimate of drug-likeness (QED) is 0.796. The molecule has 0 bridgehead atoms. The molecule has 0 aliphatic rings. The van der Waals surface area contributed by atoms with Gasteiger partial charge in [0.2, 0.25) is 0 Å². The summed E-state index contributed by atoms with van der Waals surface area (Å²) in [5.74, 6) is 1.09. The first-order valence-corrected chi connectivity index (χ1v) is 6.36. The van der Waals surface area contributed by atoms with Crippen molar-refractivity contribution in [3.05, 3.63) is 57.6 Å². The number of rotatable bonds is 3. The van der Waals surface area contributed by atoms with Crippen LogP contribution in [-0.2, 0) is 0 Å².